The Morgan fingerprint density at radius 1 is 1.19 bits per heavy atom. The summed E-state index contributed by atoms with van der Waals surface area (Å²) in [6.07, 6.45) is 3.39. The molecule has 4 nitrogen and oxygen atoms in total. The average Bonchev–Trinajstić information content (AvgIpc) is 2.81. The first-order valence-corrected chi connectivity index (χ1v) is 7.98. The predicted octanol–water partition coefficient (Wildman–Crippen LogP) is 2.39. The van der Waals surface area contributed by atoms with Gasteiger partial charge in [-0.25, -0.2) is 0 Å². The summed E-state index contributed by atoms with van der Waals surface area (Å²) < 4.78 is 0. The van der Waals surface area contributed by atoms with Gasteiger partial charge in [0.15, 0.2) is 0 Å². The van der Waals surface area contributed by atoms with Crippen LogP contribution in [-0.4, -0.2) is 37.0 Å². The molecule has 0 bridgehead atoms. The van der Waals surface area contributed by atoms with Gasteiger partial charge in [-0.3, -0.25) is 4.79 Å². The number of amides is 1. The standard InChI is InChI=1S/C17H25N3O/c1-12-3-8-15(18-11-12)13-4-6-14(7-5-13)19-16-9-10-20(2)17(16)21/h4-7,12,15-16,18-19H,3,8-11H2,1-2H3/t12-,15+,16?/m1/s1. The molecule has 2 fully saturated rings. The minimum absolute atomic E-state index is 0.0606. The molecular formula is C17H25N3O. The number of rotatable bonds is 3. The maximum atomic E-state index is 11.9. The Morgan fingerprint density at radius 2 is 1.95 bits per heavy atom. The second kappa shape index (κ2) is 6.06. The minimum atomic E-state index is -0.0606. The highest BCUT2D eigenvalue weighted by Gasteiger charge is 2.28. The monoisotopic (exact) mass is 287 g/mol. The molecule has 0 spiro atoms. The van der Waals surface area contributed by atoms with Gasteiger partial charge in [0, 0.05) is 25.3 Å². The Bertz CT molecular complexity index is 491. The van der Waals surface area contributed by atoms with E-state index in [-0.39, 0.29) is 11.9 Å². The zero-order chi connectivity index (χ0) is 14.8. The van der Waals surface area contributed by atoms with Crippen molar-refractivity contribution in [1.82, 2.24) is 10.2 Å². The van der Waals surface area contributed by atoms with Gasteiger partial charge in [-0.1, -0.05) is 19.1 Å². The molecular weight excluding hydrogens is 262 g/mol. The quantitative estimate of drug-likeness (QED) is 0.897. The molecule has 2 N–H and O–H groups in total. The lowest BCUT2D eigenvalue weighted by molar-refractivity contribution is -0.127. The van der Waals surface area contributed by atoms with Crippen molar-refractivity contribution in [2.24, 2.45) is 5.92 Å². The summed E-state index contributed by atoms with van der Waals surface area (Å²) in [6, 6.07) is 8.98. The molecule has 2 heterocycles. The number of nitrogens with zero attached hydrogens (tertiary/aromatic N) is 1. The Kier molecular flexibility index (Phi) is 4.15. The normalized spacial score (nSPS) is 29.7. The second-order valence-electron chi connectivity index (χ2n) is 6.51. The molecule has 4 heteroatoms. The molecule has 1 unspecified atom stereocenters. The van der Waals surface area contributed by atoms with Crippen molar-refractivity contribution in [3.8, 4) is 0 Å². The Hall–Kier alpha value is -1.55. The lowest BCUT2D eigenvalue weighted by Crippen LogP contribution is -2.32. The third-order valence-electron chi connectivity index (χ3n) is 4.74. The Morgan fingerprint density at radius 3 is 2.52 bits per heavy atom. The van der Waals surface area contributed by atoms with E-state index in [4.69, 9.17) is 0 Å². The number of hydrogen-bond acceptors (Lipinski definition) is 3. The van der Waals surface area contributed by atoms with E-state index < -0.39 is 0 Å². The molecule has 114 valence electrons. The Balaban J connectivity index is 1.60. The fraction of sp³-hybridized carbons (Fsp3) is 0.588. The van der Waals surface area contributed by atoms with Crippen molar-refractivity contribution in [3.05, 3.63) is 29.8 Å². The molecule has 0 aliphatic carbocycles. The van der Waals surface area contributed by atoms with Crippen molar-refractivity contribution in [2.75, 3.05) is 25.5 Å². The van der Waals surface area contributed by atoms with Crippen molar-refractivity contribution >= 4 is 11.6 Å². The fourth-order valence-electron chi connectivity index (χ4n) is 3.25. The zero-order valence-electron chi connectivity index (χ0n) is 12.9. The number of nitrogens with one attached hydrogen (secondary N) is 2. The van der Waals surface area contributed by atoms with Crippen LogP contribution >= 0.6 is 0 Å². The summed E-state index contributed by atoms with van der Waals surface area (Å²) in [7, 11) is 1.86. The maximum Gasteiger partial charge on any atom is 0.244 e. The molecule has 2 aliphatic heterocycles. The molecule has 1 aromatic rings. The first-order chi connectivity index (χ1) is 10.1. The largest absolute Gasteiger partial charge is 0.374 e. The molecule has 1 amide bonds. The van der Waals surface area contributed by atoms with Crippen LogP contribution in [0.3, 0.4) is 0 Å². The van der Waals surface area contributed by atoms with E-state index in [1.165, 1.54) is 18.4 Å². The van der Waals surface area contributed by atoms with Gasteiger partial charge in [0.25, 0.3) is 0 Å². The van der Waals surface area contributed by atoms with Crippen LogP contribution < -0.4 is 10.6 Å². The van der Waals surface area contributed by atoms with Crippen molar-refractivity contribution in [2.45, 2.75) is 38.3 Å². The minimum Gasteiger partial charge on any atom is -0.374 e. The lowest BCUT2D eigenvalue weighted by Gasteiger charge is -2.28. The van der Waals surface area contributed by atoms with Gasteiger partial charge in [-0.2, -0.15) is 0 Å². The van der Waals surface area contributed by atoms with Gasteiger partial charge in [0.2, 0.25) is 5.91 Å². The van der Waals surface area contributed by atoms with Crippen LogP contribution in [-0.2, 0) is 4.79 Å². The number of likely N-dealkylation sites (N-methyl/N-ethyl adjacent to an activating group) is 1. The van der Waals surface area contributed by atoms with Crippen LogP contribution in [0, 0.1) is 5.92 Å². The van der Waals surface area contributed by atoms with Gasteiger partial charge in [0.1, 0.15) is 6.04 Å². The number of hydrogen-bond donors (Lipinski definition) is 2. The summed E-state index contributed by atoms with van der Waals surface area (Å²) in [6.45, 7) is 4.25. The van der Waals surface area contributed by atoms with E-state index in [1.807, 2.05) is 7.05 Å². The van der Waals surface area contributed by atoms with Crippen LogP contribution in [0.5, 0.6) is 0 Å². The zero-order valence-corrected chi connectivity index (χ0v) is 12.9. The van der Waals surface area contributed by atoms with E-state index in [9.17, 15) is 4.79 Å². The third-order valence-corrected chi connectivity index (χ3v) is 4.74. The summed E-state index contributed by atoms with van der Waals surface area (Å²) in [5, 5.41) is 6.96. The number of piperidine rings is 1. The molecule has 1 aromatic carbocycles. The molecule has 3 atom stereocenters. The smallest absolute Gasteiger partial charge is 0.244 e. The highest BCUT2D eigenvalue weighted by atomic mass is 16.2. The highest BCUT2D eigenvalue weighted by Crippen LogP contribution is 2.26. The fourth-order valence-corrected chi connectivity index (χ4v) is 3.25. The van der Waals surface area contributed by atoms with Gasteiger partial charge < -0.3 is 15.5 Å². The molecule has 21 heavy (non-hydrogen) atoms. The number of benzene rings is 1. The molecule has 2 saturated heterocycles. The Labute approximate surface area is 126 Å². The van der Waals surface area contributed by atoms with Crippen LogP contribution in [0.1, 0.15) is 37.8 Å². The number of carbonyl (C=O) groups excluding carboxylic acids is 1. The molecule has 0 radical (unpaired) electrons. The van der Waals surface area contributed by atoms with E-state index in [0.29, 0.717) is 6.04 Å². The van der Waals surface area contributed by atoms with E-state index >= 15 is 0 Å². The van der Waals surface area contributed by atoms with Gasteiger partial charge in [0.05, 0.1) is 0 Å². The molecule has 2 aliphatic rings. The SMILES string of the molecule is C[C@@H]1CC[C@@H](c2ccc(NC3CCN(C)C3=O)cc2)NC1. The van der Waals surface area contributed by atoms with Crippen LogP contribution in [0.2, 0.25) is 0 Å². The lowest BCUT2D eigenvalue weighted by atomic mass is 9.92. The number of anilines is 1. The van der Waals surface area contributed by atoms with Gasteiger partial charge in [-0.15, -0.1) is 0 Å². The first kappa shape index (κ1) is 14.4. The van der Waals surface area contributed by atoms with Gasteiger partial charge >= 0.3 is 0 Å². The van der Waals surface area contributed by atoms with Crippen molar-refractivity contribution in [3.63, 3.8) is 0 Å². The number of carbonyl (C=O) groups is 1. The van der Waals surface area contributed by atoms with Crippen molar-refractivity contribution in [1.29, 1.82) is 0 Å². The van der Waals surface area contributed by atoms with E-state index in [2.05, 4.69) is 41.8 Å². The predicted molar refractivity (Wildman–Crippen MR) is 85.2 cm³/mol. The van der Waals surface area contributed by atoms with Crippen LogP contribution in [0.4, 0.5) is 5.69 Å². The highest BCUT2D eigenvalue weighted by molar-refractivity contribution is 5.86. The molecule has 0 saturated carbocycles. The number of likely N-dealkylation sites (tertiary alicyclic amines) is 1. The maximum absolute atomic E-state index is 11.9. The van der Waals surface area contributed by atoms with Crippen LogP contribution in [0.15, 0.2) is 24.3 Å². The molecule has 3 rings (SSSR count). The van der Waals surface area contributed by atoms with E-state index in [1.54, 1.807) is 4.90 Å². The van der Waals surface area contributed by atoms with E-state index in [0.717, 1.165) is 31.1 Å². The average molecular weight is 287 g/mol. The van der Waals surface area contributed by atoms with Crippen molar-refractivity contribution < 1.29 is 4.79 Å². The molecule has 0 aromatic heterocycles. The van der Waals surface area contributed by atoms with Gasteiger partial charge in [-0.05, 0) is 49.4 Å². The topological polar surface area (TPSA) is 44.4 Å². The van der Waals surface area contributed by atoms with Crippen LogP contribution in [0.25, 0.3) is 0 Å². The summed E-state index contributed by atoms with van der Waals surface area (Å²) in [5.74, 6) is 0.981. The first-order valence-electron chi connectivity index (χ1n) is 7.98. The third kappa shape index (κ3) is 3.21. The summed E-state index contributed by atoms with van der Waals surface area (Å²) in [4.78, 5) is 13.7. The second-order valence-corrected chi connectivity index (χ2v) is 6.51. The summed E-state index contributed by atoms with van der Waals surface area (Å²) >= 11 is 0. The summed E-state index contributed by atoms with van der Waals surface area (Å²) in [5.41, 5.74) is 2.39.